The lowest BCUT2D eigenvalue weighted by molar-refractivity contribution is -0.182. The van der Waals surface area contributed by atoms with E-state index in [0.29, 0.717) is 28.4 Å². The first-order chi connectivity index (χ1) is 16.5. The Bertz CT molecular complexity index is 1230. The minimum absolute atomic E-state index is 0.0416. The molecule has 2 heterocycles. The number of rotatable bonds is 7. The highest BCUT2D eigenvalue weighted by Crippen LogP contribution is 2.44. The van der Waals surface area contributed by atoms with Gasteiger partial charge in [0.25, 0.3) is 0 Å². The van der Waals surface area contributed by atoms with Crippen molar-refractivity contribution in [3.63, 3.8) is 0 Å². The maximum Gasteiger partial charge on any atom is 0.439 e. The second-order valence-corrected chi connectivity index (χ2v) is 9.16. The molecule has 190 valence electrons. The van der Waals surface area contributed by atoms with E-state index in [2.05, 4.69) is 24.4 Å². The fourth-order valence-electron chi connectivity index (χ4n) is 3.94. The molecule has 4 rings (SSSR count). The number of nitrogens with one attached hydrogen (secondary N) is 1. The predicted octanol–water partition coefficient (Wildman–Crippen LogP) is 5.95. The number of H-pyrrole nitrogens is 1. The zero-order chi connectivity index (χ0) is 25.3. The largest absolute Gasteiger partial charge is 0.485 e. The molecule has 1 aliphatic rings. The van der Waals surface area contributed by atoms with Crippen LogP contribution in [0.5, 0.6) is 11.5 Å². The van der Waals surface area contributed by atoms with Gasteiger partial charge in [0.15, 0.2) is 17.4 Å². The second-order valence-electron chi connectivity index (χ2n) is 8.04. The average Bonchev–Trinajstić information content (AvgIpc) is 3.38. The monoisotopic (exact) mass is 523 g/mol. The molecule has 1 N–H and O–H groups in total. The van der Waals surface area contributed by atoms with E-state index >= 15 is 0 Å². The fourth-order valence-corrected chi connectivity index (χ4v) is 5.09. The van der Waals surface area contributed by atoms with Crippen molar-refractivity contribution >= 4 is 11.3 Å². The van der Waals surface area contributed by atoms with Gasteiger partial charge in [0.2, 0.25) is 0 Å². The third-order valence-corrected chi connectivity index (χ3v) is 7.05. The van der Waals surface area contributed by atoms with Crippen molar-refractivity contribution in [3.05, 3.63) is 44.1 Å². The zero-order valence-electron chi connectivity index (χ0n) is 18.1. The second kappa shape index (κ2) is 9.91. The highest BCUT2D eigenvalue weighted by Gasteiger charge is 2.42. The van der Waals surface area contributed by atoms with Gasteiger partial charge in [0.1, 0.15) is 12.4 Å². The molecule has 0 aliphatic heterocycles. The Morgan fingerprint density at radius 3 is 2.51 bits per heavy atom. The number of halogens is 6. The van der Waals surface area contributed by atoms with Crippen LogP contribution in [0, 0.1) is 18.7 Å². The predicted molar refractivity (Wildman–Crippen MR) is 111 cm³/mol. The van der Waals surface area contributed by atoms with Gasteiger partial charge in [-0.3, -0.25) is 9.51 Å². The summed E-state index contributed by atoms with van der Waals surface area (Å²) in [6, 6.07) is 1.71. The molecule has 1 saturated carbocycles. The van der Waals surface area contributed by atoms with E-state index in [1.807, 2.05) is 0 Å². The highest BCUT2D eigenvalue weighted by atomic mass is 32.1. The van der Waals surface area contributed by atoms with E-state index in [1.54, 1.807) is 6.92 Å². The molecule has 2 aromatic heterocycles. The number of nitrogens with zero attached hydrogens (tertiary/aromatic N) is 2. The van der Waals surface area contributed by atoms with Gasteiger partial charge in [-0.1, -0.05) is 5.16 Å². The van der Waals surface area contributed by atoms with Crippen LogP contribution in [0.1, 0.15) is 47.2 Å². The lowest BCUT2D eigenvalue weighted by atomic mass is 9.82. The van der Waals surface area contributed by atoms with Crippen LogP contribution in [0.25, 0.3) is 11.4 Å². The first-order valence-corrected chi connectivity index (χ1v) is 11.3. The molecule has 0 amide bonds. The molecule has 7 nitrogen and oxygen atoms in total. The number of alkyl halides is 5. The summed E-state index contributed by atoms with van der Waals surface area (Å²) in [5, 5.41) is 4.04. The van der Waals surface area contributed by atoms with Crippen LogP contribution < -0.4 is 15.2 Å². The van der Waals surface area contributed by atoms with Gasteiger partial charge >= 0.3 is 18.5 Å². The Morgan fingerprint density at radius 2 is 1.91 bits per heavy atom. The SMILES string of the molecule is Cc1nc([C@H]2CC[C@H](C(F)(F)F)CC2)sc1COc1cc(OC(F)F)c(-c2noc(=O)[nH]2)cc1F. The Labute approximate surface area is 198 Å². The molecule has 3 aromatic rings. The number of hydrogen-bond donors (Lipinski definition) is 1. The molecule has 14 heteroatoms. The van der Waals surface area contributed by atoms with Crippen LogP contribution in [0.3, 0.4) is 0 Å². The third-order valence-electron chi connectivity index (χ3n) is 5.75. The quantitative estimate of drug-likeness (QED) is 0.385. The van der Waals surface area contributed by atoms with Gasteiger partial charge in [-0.15, -0.1) is 11.3 Å². The van der Waals surface area contributed by atoms with Gasteiger partial charge < -0.3 is 9.47 Å². The maximum absolute atomic E-state index is 14.7. The normalized spacial score (nSPS) is 18.7. The molecule has 0 spiro atoms. The van der Waals surface area contributed by atoms with Crippen LogP contribution >= 0.6 is 11.3 Å². The Hall–Kier alpha value is -3.03. The van der Waals surface area contributed by atoms with E-state index in [0.717, 1.165) is 12.1 Å². The molecular formula is C21H19F6N3O4S. The standard InChI is InChI=1S/C21H19F6N3O4S/c1-9-16(35-18(28-9)10-2-4-11(5-3-10)21(25,26)27)8-32-15-7-14(33-19(23)24)12(6-13(15)22)17-29-20(31)34-30-17/h6-7,10-11,19H,2-5,8H2,1H3,(H,29,30,31)/t10-,11-. The summed E-state index contributed by atoms with van der Waals surface area (Å²) >= 11 is 1.26. The van der Waals surface area contributed by atoms with Crippen molar-refractivity contribution in [1.29, 1.82) is 0 Å². The van der Waals surface area contributed by atoms with Crippen LogP contribution in [-0.4, -0.2) is 27.9 Å². The van der Waals surface area contributed by atoms with Crippen molar-refractivity contribution in [3.8, 4) is 22.9 Å². The van der Waals surface area contributed by atoms with Gasteiger partial charge in [-0.25, -0.2) is 14.2 Å². The van der Waals surface area contributed by atoms with Crippen molar-refractivity contribution in [2.24, 2.45) is 5.92 Å². The molecule has 35 heavy (non-hydrogen) atoms. The summed E-state index contributed by atoms with van der Waals surface area (Å²) in [6.07, 6.45) is -3.38. The summed E-state index contributed by atoms with van der Waals surface area (Å²) < 4.78 is 93.4. The van der Waals surface area contributed by atoms with Crippen LogP contribution in [-0.2, 0) is 6.61 Å². The minimum Gasteiger partial charge on any atom is -0.485 e. The van der Waals surface area contributed by atoms with Crippen LogP contribution in [0.4, 0.5) is 26.3 Å². The molecule has 1 aliphatic carbocycles. The van der Waals surface area contributed by atoms with Crippen molar-refractivity contribution in [2.45, 2.75) is 57.9 Å². The van der Waals surface area contributed by atoms with Gasteiger partial charge in [0.05, 0.1) is 27.1 Å². The van der Waals surface area contributed by atoms with Crippen LogP contribution in [0.15, 0.2) is 21.5 Å². The van der Waals surface area contributed by atoms with E-state index < -0.39 is 41.8 Å². The zero-order valence-corrected chi connectivity index (χ0v) is 18.9. The molecule has 0 atom stereocenters. The third kappa shape index (κ3) is 5.80. The number of benzene rings is 1. The van der Waals surface area contributed by atoms with E-state index in [1.165, 1.54) is 11.3 Å². The first kappa shape index (κ1) is 25.1. The lowest BCUT2D eigenvalue weighted by Crippen LogP contribution is -2.27. The van der Waals surface area contributed by atoms with Crippen molar-refractivity contribution < 1.29 is 40.3 Å². The summed E-state index contributed by atoms with van der Waals surface area (Å²) in [5.41, 5.74) is 0.316. The number of aromatic nitrogens is 3. The smallest absolute Gasteiger partial charge is 0.439 e. The first-order valence-electron chi connectivity index (χ1n) is 10.5. The Morgan fingerprint density at radius 1 is 1.20 bits per heavy atom. The summed E-state index contributed by atoms with van der Waals surface area (Å²) in [7, 11) is 0. The van der Waals surface area contributed by atoms with Gasteiger partial charge in [0, 0.05) is 12.0 Å². The summed E-state index contributed by atoms with van der Waals surface area (Å²) in [5.74, 6) is -4.49. The molecule has 0 saturated heterocycles. The van der Waals surface area contributed by atoms with E-state index in [9.17, 15) is 31.1 Å². The summed E-state index contributed by atoms with van der Waals surface area (Å²) in [6.45, 7) is -1.69. The highest BCUT2D eigenvalue weighted by molar-refractivity contribution is 7.11. The van der Waals surface area contributed by atoms with Gasteiger partial charge in [-0.05, 0) is 38.7 Å². The minimum atomic E-state index is -4.20. The molecule has 0 bridgehead atoms. The number of hydrogen-bond acceptors (Lipinski definition) is 7. The number of ether oxygens (including phenoxy) is 2. The van der Waals surface area contributed by atoms with Gasteiger partial charge in [-0.2, -0.15) is 22.0 Å². The molecule has 1 aromatic carbocycles. The number of aromatic amines is 1. The Balaban J connectivity index is 1.49. The topological polar surface area (TPSA) is 90.2 Å². The molecular weight excluding hydrogens is 504 g/mol. The van der Waals surface area contributed by atoms with E-state index in [-0.39, 0.29) is 36.8 Å². The molecule has 0 unspecified atom stereocenters. The Kier molecular flexibility index (Phi) is 7.10. The van der Waals surface area contributed by atoms with Crippen molar-refractivity contribution in [1.82, 2.24) is 15.1 Å². The molecule has 0 radical (unpaired) electrons. The summed E-state index contributed by atoms with van der Waals surface area (Å²) in [4.78, 5) is 18.4. The van der Waals surface area contributed by atoms with Crippen LogP contribution in [0.2, 0.25) is 0 Å². The number of aryl methyl sites for hydroxylation is 1. The lowest BCUT2D eigenvalue weighted by Gasteiger charge is -2.28. The number of thiazole rings is 1. The fraction of sp³-hybridized carbons (Fsp3) is 0.476. The van der Waals surface area contributed by atoms with E-state index in [4.69, 9.17) is 4.74 Å². The van der Waals surface area contributed by atoms with Crippen molar-refractivity contribution in [2.75, 3.05) is 0 Å². The maximum atomic E-state index is 14.7. The average molecular weight is 523 g/mol. The molecule has 1 fully saturated rings.